The molecule has 0 heterocycles. The molecule has 2 nitrogen and oxygen atoms in total. The van der Waals surface area contributed by atoms with Gasteiger partial charge in [0.2, 0.25) is 0 Å². The normalized spacial score (nSPS) is 13.3. The lowest BCUT2D eigenvalue weighted by Crippen LogP contribution is -2.07. The van der Waals surface area contributed by atoms with Gasteiger partial charge in [0.05, 0.1) is 0 Å². The van der Waals surface area contributed by atoms with Gasteiger partial charge in [0, 0.05) is 36.0 Å². The molecule has 0 aromatic rings. The minimum absolute atomic E-state index is 0.444. The van der Waals surface area contributed by atoms with E-state index < -0.39 is 10.8 Å². The number of unbranched alkanes of at least 4 members (excludes halogenated alkanes) is 11. The van der Waals surface area contributed by atoms with E-state index in [2.05, 4.69) is 20.8 Å². The molecule has 0 spiro atoms. The third-order valence-electron chi connectivity index (χ3n) is 4.69. The molecule has 152 valence electrons. The monoisotopic (exact) mass is 374 g/mol. The molecule has 0 radical (unpaired) electrons. The minimum Gasteiger partial charge on any atom is -0.381 e. The van der Waals surface area contributed by atoms with Crippen LogP contribution in [0.2, 0.25) is 0 Å². The second kappa shape index (κ2) is 17.5. The molecule has 1 atom stereocenters. The van der Waals surface area contributed by atoms with Crippen LogP contribution in [0.25, 0.3) is 0 Å². The molecule has 0 saturated heterocycles. The lowest BCUT2D eigenvalue weighted by molar-refractivity contribution is 0.118. The smallest absolute Gasteiger partial charge is 0.0466 e. The highest BCUT2D eigenvalue weighted by atomic mass is 32.2. The molecular weight excluding hydrogens is 328 g/mol. The van der Waals surface area contributed by atoms with Crippen molar-refractivity contribution in [3.05, 3.63) is 0 Å². The first-order valence-corrected chi connectivity index (χ1v) is 12.5. The van der Waals surface area contributed by atoms with Gasteiger partial charge < -0.3 is 4.74 Å². The molecule has 3 heteroatoms. The van der Waals surface area contributed by atoms with Gasteiger partial charge in [-0.15, -0.1) is 0 Å². The summed E-state index contributed by atoms with van der Waals surface area (Å²) >= 11 is 0. The van der Waals surface area contributed by atoms with E-state index in [0.717, 1.165) is 25.4 Å². The van der Waals surface area contributed by atoms with Crippen molar-refractivity contribution in [2.24, 2.45) is 5.41 Å². The Balaban J connectivity index is 3.04. The maximum Gasteiger partial charge on any atom is 0.0466 e. The van der Waals surface area contributed by atoms with Crippen molar-refractivity contribution in [1.82, 2.24) is 0 Å². The third-order valence-corrected chi connectivity index (χ3v) is 5.55. The lowest BCUT2D eigenvalue weighted by Gasteiger charge is -2.17. The summed E-state index contributed by atoms with van der Waals surface area (Å²) in [5.74, 6) is 0.891. The standard InChI is InChI=1S/C22H46O2S/c1-22(2,3)18-17-20-24-19-15-13-11-9-7-5-6-8-10-12-14-16-21-25(4)23/h5-21H2,1-4H3. The maximum atomic E-state index is 10.9. The summed E-state index contributed by atoms with van der Waals surface area (Å²) in [6, 6.07) is 0. The molecule has 0 aromatic heterocycles. The first-order valence-electron chi connectivity index (χ1n) is 10.8. The van der Waals surface area contributed by atoms with Crippen LogP contribution in [0.4, 0.5) is 0 Å². The van der Waals surface area contributed by atoms with Crippen LogP contribution in [0.15, 0.2) is 0 Å². The topological polar surface area (TPSA) is 26.3 Å². The number of hydrogen-bond acceptors (Lipinski definition) is 2. The van der Waals surface area contributed by atoms with Gasteiger partial charge in [-0.25, -0.2) is 0 Å². The molecule has 0 fully saturated rings. The highest BCUT2D eigenvalue weighted by Gasteiger charge is 2.08. The van der Waals surface area contributed by atoms with E-state index in [1.165, 1.54) is 83.5 Å². The third kappa shape index (κ3) is 24.1. The Kier molecular flexibility index (Phi) is 17.6. The molecule has 25 heavy (non-hydrogen) atoms. The molecule has 0 saturated carbocycles. The molecular formula is C22H46O2S. The zero-order valence-electron chi connectivity index (χ0n) is 17.7. The summed E-state index contributed by atoms with van der Waals surface area (Å²) in [7, 11) is -0.595. The Labute approximate surface area is 161 Å². The van der Waals surface area contributed by atoms with Crippen LogP contribution >= 0.6 is 0 Å². The van der Waals surface area contributed by atoms with Crippen LogP contribution < -0.4 is 0 Å². The van der Waals surface area contributed by atoms with E-state index in [0.29, 0.717) is 5.41 Å². The predicted molar refractivity (Wildman–Crippen MR) is 114 cm³/mol. The number of hydrogen-bond donors (Lipinski definition) is 0. The van der Waals surface area contributed by atoms with E-state index in [1.54, 1.807) is 6.26 Å². The van der Waals surface area contributed by atoms with Crippen molar-refractivity contribution in [2.75, 3.05) is 25.2 Å². The van der Waals surface area contributed by atoms with Crippen LogP contribution in [0.3, 0.4) is 0 Å². The molecule has 1 unspecified atom stereocenters. The van der Waals surface area contributed by atoms with E-state index in [9.17, 15) is 4.21 Å². The average molecular weight is 375 g/mol. The predicted octanol–water partition coefficient (Wildman–Crippen LogP) is 6.89. The fourth-order valence-corrected chi connectivity index (χ4v) is 3.69. The van der Waals surface area contributed by atoms with Crippen LogP contribution in [0.5, 0.6) is 0 Å². The van der Waals surface area contributed by atoms with Crippen molar-refractivity contribution in [2.45, 2.75) is 111 Å². The SMILES string of the molecule is CS(=O)CCCCCCCCCCCCCCOCCCC(C)(C)C. The van der Waals surface area contributed by atoms with Gasteiger partial charge in [0.1, 0.15) is 0 Å². The molecule has 0 aliphatic heterocycles. The maximum absolute atomic E-state index is 10.9. The van der Waals surface area contributed by atoms with Gasteiger partial charge >= 0.3 is 0 Å². The van der Waals surface area contributed by atoms with Crippen molar-refractivity contribution in [3.8, 4) is 0 Å². The highest BCUT2D eigenvalue weighted by molar-refractivity contribution is 7.84. The van der Waals surface area contributed by atoms with Gasteiger partial charge in [-0.1, -0.05) is 85.0 Å². The minimum atomic E-state index is -0.595. The first kappa shape index (κ1) is 25.1. The summed E-state index contributed by atoms with van der Waals surface area (Å²) in [4.78, 5) is 0. The van der Waals surface area contributed by atoms with Crippen molar-refractivity contribution >= 4 is 10.8 Å². The number of ether oxygens (including phenoxy) is 1. The van der Waals surface area contributed by atoms with Gasteiger partial charge in [0.25, 0.3) is 0 Å². The highest BCUT2D eigenvalue weighted by Crippen LogP contribution is 2.20. The van der Waals surface area contributed by atoms with E-state index in [1.807, 2.05) is 0 Å². The molecule has 0 rings (SSSR count). The van der Waals surface area contributed by atoms with E-state index in [4.69, 9.17) is 4.74 Å². The summed E-state index contributed by atoms with van der Waals surface area (Å²) in [5.41, 5.74) is 0.444. The second-order valence-electron chi connectivity index (χ2n) is 8.80. The Hall–Kier alpha value is 0.110. The van der Waals surface area contributed by atoms with Crippen LogP contribution in [-0.4, -0.2) is 29.4 Å². The largest absolute Gasteiger partial charge is 0.381 e. The summed E-state index contributed by atoms with van der Waals surface area (Å²) in [6.07, 6.45) is 20.3. The van der Waals surface area contributed by atoms with Gasteiger partial charge in [0.15, 0.2) is 0 Å². The summed E-state index contributed by atoms with van der Waals surface area (Å²) in [6.45, 7) is 8.78. The molecule has 0 N–H and O–H groups in total. The van der Waals surface area contributed by atoms with Gasteiger partial charge in [-0.05, 0) is 31.1 Å². The molecule has 0 aliphatic rings. The average Bonchev–Trinajstić information content (AvgIpc) is 2.52. The molecule has 0 aromatic carbocycles. The van der Waals surface area contributed by atoms with Crippen LogP contribution in [0.1, 0.15) is 111 Å². The quantitative estimate of drug-likeness (QED) is 0.244. The zero-order valence-corrected chi connectivity index (χ0v) is 18.6. The molecule has 0 bridgehead atoms. The molecule has 0 amide bonds. The van der Waals surface area contributed by atoms with Crippen molar-refractivity contribution in [1.29, 1.82) is 0 Å². The van der Waals surface area contributed by atoms with Gasteiger partial charge in [-0.3, -0.25) is 4.21 Å². The first-order chi connectivity index (χ1) is 11.9. The summed E-state index contributed by atoms with van der Waals surface area (Å²) in [5, 5.41) is 0. The Morgan fingerprint density at radius 3 is 1.48 bits per heavy atom. The lowest BCUT2D eigenvalue weighted by atomic mass is 9.91. The van der Waals surface area contributed by atoms with E-state index >= 15 is 0 Å². The van der Waals surface area contributed by atoms with E-state index in [-0.39, 0.29) is 0 Å². The Morgan fingerprint density at radius 1 is 0.640 bits per heavy atom. The Morgan fingerprint density at radius 2 is 1.04 bits per heavy atom. The second-order valence-corrected chi connectivity index (χ2v) is 10.4. The van der Waals surface area contributed by atoms with Gasteiger partial charge in [-0.2, -0.15) is 0 Å². The van der Waals surface area contributed by atoms with Crippen molar-refractivity contribution in [3.63, 3.8) is 0 Å². The Bertz CT molecular complexity index is 297. The number of rotatable bonds is 18. The summed E-state index contributed by atoms with van der Waals surface area (Å²) < 4.78 is 16.7. The zero-order chi connectivity index (χ0) is 18.8. The van der Waals surface area contributed by atoms with Crippen LogP contribution in [-0.2, 0) is 15.5 Å². The van der Waals surface area contributed by atoms with Crippen molar-refractivity contribution < 1.29 is 8.95 Å². The van der Waals surface area contributed by atoms with Crippen LogP contribution in [0, 0.1) is 5.41 Å². The fourth-order valence-electron chi connectivity index (χ4n) is 3.08. The molecule has 0 aliphatic carbocycles. The fraction of sp³-hybridized carbons (Fsp3) is 1.00.